The van der Waals surface area contributed by atoms with Gasteiger partial charge in [0.05, 0.1) is 11.5 Å². The van der Waals surface area contributed by atoms with Gasteiger partial charge in [0.2, 0.25) is 10.0 Å². The van der Waals surface area contributed by atoms with Crippen molar-refractivity contribution in [2.75, 3.05) is 6.61 Å². The average Bonchev–Trinajstić information content (AvgIpc) is 2.75. The summed E-state index contributed by atoms with van der Waals surface area (Å²) in [5.74, 6) is -0.592. The van der Waals surface area contributed by atoms with Crippen LogP contribution >= 0.6 is 0 Å². The molecule has 0 heterocycles. The summed E-state index contributed by atoms with van der Waals surface area (Å²) < 4.78 is 33.6. The minimum atomic E-state index is -3.87. The van der Waals surface area contributed by atoms with Crippen molar-refractivity contribution < 1.29 is 17.9 Å². The second-order valence-corrected chi connectivity index (χ2v) is 8.79. The highest BCUT2D eigenvalue weighted by atomic mass is 32.2. The third-order valence-electron chi connectivity index (χ3n) is 4.67. The van der Waals surface area contributed by atoms with Crippen LogP contribution in [-0.2, 0) is 32.4 Å². The minimum absolute atomic E-state index is 0.114. The first kappa shape index (κ1) is 21.7. The van der Waals surface area contributed by atoms with Crippen molar-refractivity contribution in [1.82, 2.24) is 4.72 Å². The van der Waals surface area contributed by atoms with E-state index in [1.165, 1.54) is 12.1 Å². The summed E-state index contributed by atoms with van der Waals surface area (Å²) in [7, 11) is -3.87. The summed E-state index contributed by atoms with van der Waals surface area (Å²) in [5, 5.41) is 0. The number of aryl methyl sites for hydroxylation is 1. The molecule has 6 heteroatoms. The number of esters is 1. The van der Waals surface area contributed by atoms with E-state index in [9.17, 15) is 13.2 Å². The second-order valence-electron chi connectivity index (χ2n) is 7.08. The molecule has 0 radical (unpaired) electrons. The zero-order valence-corrected chi connectivity index (χ0v) is 17.6. The molecule has 0 unspecified atom stereocenters. The van der Waals surface area contributed by atoms with Crippen LogP contribution in [0.25, 0.3) is 0 Å². The molecule has 3 aromatic rings. The van der Waals surface area contributed by atoms with Gasteiger partial charge in [-0.2, -0.15) is 4.72 Å². The van der Waals surface area contributed by atoms with Crippen LogP contribution in [0.4, 0.5) is 0 Å². The van der Waals surface area contributed by atoms with E-state index >= 15 is 0 Å². The lowest BCUT2D eigenvalue weighted by atomic mass is 10.1. The normalized spacial score (nSPS) is 12.3. The lowest BCUT2D eigenvalue weighted by Gasteiger charge is -2.18. The Balaban J connectivity index is 1.72. The van der Waals surface area contributed by atoms with Crippen LogP contribution in [0.15, 0.2) is 89.8 Å². The molecule has 0 bridgehead atoms. The molecule has 5 nitrogen and oxygen atoms in total. The quantitative estimate of drug-likeness (QED) is 0.533. The van der Waals surface area contributed by atoms with Crippen LogP contribution in [0, 0.1) is 6.92 Å². The van der Waals surface area contributed by atoms with E-state index in [4.69, 9.17) is 4.74 Å². The van der Waals surface area contributed by atoms with Crippen molar-refractivity contribution in [2.45, 2.75) is 30.7 Å². The molecule has 156 valence electrons. The molecule has 0 aliphatic heterocycles. The Morgan fingerprint density at radius 3 is 2.03 bits per heavy atom. The molecule has 0 spiro atoms. The van der Waals surface area contributed by atoms with Crippen molar-refractivity contribution in [3.05, 3.63) is 102 Å². The van der Waals surface area contributed by atoms with E-state index in [-0.39, 0.29) is 17.9 Å². The maximum atomic E-state index is 12.8. The SMILES string of the molecule is Cc1ccc(S(=O)(=O)N[C@@H](Cc2ccccc2)C(=O)OCCc2ccccc2)cc1. The molecular weight excluding hydrogens is 398 g/mol. The summed E-state index contributed by atoms with van der Waals surface area (Å²) >= 11 is 0. The largest absolute Gasteiger partial charge is 0.464 e. The Kier molecular flexibility index (Phi) is 7.38. The first-order valence-electron chi connectivity index (χ1n) is 9.77. The Morgan fingerprint density at radius 2 is 1.43 bits per heavy atom. The van der Waals surface area contributed by atoms with Gasteiger partial charge in [-0.15, -0.1) is 0 Å². The predicted octanol–water partition coefficient (Wildman–Crippen LogP) is 3.67. The summed E-state index contributed by atoms with van der Waals surface area (Å²) in [6.07, 6.45) is 0.769. The maximum Gasteiger partial charge on any atom is 0.324 e. The van der Waals surface area contributed by atoms with Gasteiger partial charge in [0.25, 0.3) is 0 Å². The third kappa shape index (κ3) is 6.27. The monoisotopic (exact) mass is 423 g/mol. The van der Waals surface area contributed by atoms with E-state index in [1.807, 2.05) is 67.6 Å². The minimum Gasteiger partial charge on any atom is -0.464 e. The molecule has 1 atom stereocenters. The van der Waals surface area contributed by atoms with E-state index in [0.717, 1.165) is 16.7 Å². The fourth-order valence-corrected chi connectivity index (χ4v) is 4.19. The second kappa shape index (κ2) is 10.2. The first-order chi connectivity index (χ1) is 14.4. The number of benzene rings is 3. The van der Waals surface area contributed by atoms with Gasteiger partial charge in [-0.1, -0.05) is 78.4 Å². The summed E-state index contributed by atoms with van der Waals surface area (Å²) in [6, 6.07) is 24.4. The number of nitrogens with one attached hydrogen (secondary N) is 1. The van der Waals surface area contributed by atoms with Gasteiger partial charge in [0.1, 0.15) is 6.04 Å². The summed E-state index contributed by atoms with van der Waals surface area (Å²) in [6.45, 7) is 2.06. The zero-order valence-electron chi connectivity index (χ0n) is 16.8. The third-order valence-corrected chi connectivity index (χ3v) is 6.16. The number of sulfonamides is 1. The maximum absolute atomic E-state index is 12.8. The molecule has 30 heavy (non-hydrogen) atoms. The average molecular weight is 424 g/mol. The Bertz CT molecular complexity index is 1050. The van der Waals surface area contributed by atoms with Gasteiger partial charge in [-0.25, -0.2) is 8.42 Å². The van der Waals surface area contributed by atoms with Crippen molar-refractivity contribution in [1.29, 1.82) is 0 Å². The predicted molar refractivity (Wildman–Crippen MR) is 117 cm³/mol. The number of carbonyl (C=O) groups is 1. The highest BCUT2D eigenvalue weighted by molar-refractivity contribution is 7.89. The Labute approximate surface area is 177 Å². The lowest BCUT2D eigenvalue weighted by Crippen LogP contribution is -2.43. The number of hydrogen-bond donors (Lipinski definition) is 1. The van der Waals surface area contributed by atoms with Crippen LogP contribution in [-0.4, -0.2) is 27.0 Å². The van der Waals surface area contributed by atoms with Crippen LogP contribution in [0.1, 0.15) is 16.7 Å². The van der Waals surface area contributed by atoms with E-state index in [0.29, 0.717) is 6.42 Å². The highest BCUT2D eigenvalue weighted by Gasteiger charge is 2.27. The molecule has 0 aliphatic rings. The molecule has 0 amide bonds. The fraction of sp³-hybridized carbons (Fsp3) is 0.208. The van der Waals surface area contributed by atoms with Crippen LogP contribution in [0.5, 0.6) is 0 Å². The Morgan fingerprint density at radius 1 is 0.867 bits per heavy atom. The van der Waals surface area contributed by atoms with Crippen LogP contribution < -0.4 is 4.72 Å². The molecule has 0 fully saturated rings. The highest BCUT2D eigenvalue weighted by Crippen LogP contribution is 2.13. The van der Waals surface area contributed by atoms with Gasteiger partial charge in [0.15, 0.2) is 0 Å². The van der Waals surface area contributed by atoms with Gasteiger partial charge >= 0.3 is 5.97 Å². The summed E-state index contributed by atoms with van der Waals surface area (Å²) in [4.78, 5) is 12.9. The van der Waals surface area contributed by atoms with Gasteiger partial charge < -0.3 is 4.74 Å². The van der Waals surface area contributed by atoms with E-state index < -0.39 is 22.0 Å². The van der Waals surface area contributed by atoms with Crippen LogP contribution in [0.2, 0.25) is 0 Å². The molecule has 1 N–H and O–H groups in total. The number of ether oxygens (including phenoxy) is 1. The lowest BCUT2D eigenvalue weighted by molar-refractivity contribution is -0.145. The van der Waals surface area contributed by atoms with Gasteiger partial charge in [0, 0.05) is 6.42 Å². The molecule has 3 aromatic carbocycles. The summed E-state index contributed by atoms with van der Waals surface area (Å²) in [5.41, 5.74) is 2.84. The van der Waals surface area contributed by atoms with Crippen molar-refractivity contribution >= 4 is 16.0 Å². The van der Waals surface area contributed by atoms with Crippen molar-refractivity contribution in [3.8, 4) is 0 Å². The molecule has 0 aliphatic carbocycles. The molecule has 0 saturated carbocycles. The topological polar surface area (TPSA) is 72.5 Å². The van der Waals surface area contributed by atoms with Crippen LogP contribution in [0.3, 0.4) is 0 Å². The van der Waals surface area contributed by atoms with E-state index in [2.05, 4.69) is 4.72 Å². The Hall–Kier alpha value is -2.96. The molecule has 0 saturated heterocycles. The first-order valence-corrected chi connectivity index (χ1v) is 11.3. The van der Waals surface area contributed by atoms with Gasteiger partial charge in [-0.3, -0.25) is 4.79 Å². The van der Waals surface area contributed by atoms with Crippen molar-refractivity contribution in [3.63, 3.8) is 0 Å². The number of rotatable bonds is 9. The fourth-order valence-electron chi connectivity index (χ4n) is 3.01. The number of hydrogen-bond acceptors (Lipinski definition) is 4. The number of carbonyl (C=O) groups excluding carboxylic acids is 1. The van der Waals surface area contributed by atoms with Gasteiger partial charge in [-0.05, 0) is 36.6 Å². The molecule has 3 rings (SSSR count). The smallest absolute Gasteiger partial charge is 0.324 e. The molecular formula is C24H25NO4S. The zero-order chi connectivity index (χ0) is 21.4. The standard InChI is InChI=1S/C24H25NO4S/c1-19-12-14-22(15-13-19)30(27,28)25-23(18-21-10-6-3-7-11-21)24(26)29-17-16-20-8-4-2-5-9-20/h2-15,23,25H,16-18H2,1H3/t23-/m0/s1. The molecule has 0 aromatic heterocycles. The van der Waals surface area contributed by atoms with E-state index in [1.54, 1.807) is 12.1 Å². The van der Waals surface area contributed by atoms with Crippen molar-refractivity contribution in [2.24, 2.45) is 0 Å².